The van der Waals surface area contributed by atoms with Crippen LogP contribution in [0.3, 0.4) is 0 Å². The molecule has 0 saturated carbocycles. The van der Waals surface area contributed by atoms with Crippen LogP contribution in [0, 0.1) is 0 Å². The van der Waals surface area contributed by atoms with Gasteiger partial charge >= 0.3 is 0 Å². The summed E-state index contributed by atoms with van der Waals surface area (Å²) in [7, 11) is 0. The summed E-state index contributed by atoms with van der Waals surface area (Å²) in [4.78, 5) is 25.2. The number of likely N-dealkylation sites (tertiary alicyclic amines) is 1. The summed E-state index contributed by atoms with van der Waals surface area (Å²) in [6.07, 6.45) is 1.15. The van der Waals surface area contributed by atoms with Gasteiger partial charge in [-0.2, -0.15) is 0 Å². The summed E-state index contributed by atoms with van der Waals surface area (Å²) >= 11 is 0. The number of imide groups is 1. The maximum absolute atomic E-state index is 11.6. The molecule has 0 radical (unpaired) electrons. The molecule has 2 aliphatic heterocycles. The van der Waals surface area contributed by atoms with Crippen molar-refractivity contribution in [3.8, 4) is 0 Å². The molecule has 0 aliphatic carbocycles. The van der Waals surface area contributed by atoms with Gasteiger partial charge in [-0.05, 0) is 17.6 Å². The van der Waals surface area contributed by atoms with Crippen molar-refractivity contribution in [1.82, 2.24) is 10.2 Å². The van der Waals surface area contributed by atoms with Crippen molar-refractivity contribution in [2.75, 3.05) is 13.1 Å². The Bertz CT molecular complexity index is 549. The van der Waals surface area contributed by atoms with Gasteiger partial charge in [0.15, 0.2) is 0 Å². The van der Waals surface area contributed by atoms with Gasteiger partial charge in [0.25, 0.3) is 5.91 Å². The average Bonchev–Trinajstić information content (AvgIpc) is 2.97. The van der Waals surface area contributed by atoms with Crippen molar-refractivity contribution in [3.05, 3.63) is 47.0 Å². The zero-order chi connectivity index (χ0) is 13.2. The second-order valence-corrected chi connectivity index (χ2v) is 5.08. The highest BCUT2D eigenvalue weighted by molar-refractivity contribution is 6.13. The van der Waals surface area contributed by atoms with E-state index in [0.717, 1.165) is 31.6 Å². The molecule has 2 heterocycles. The Labute approximate surface area is 112 Å². The van der Waals surface area contributed by atoms with Crippen molar-refractivity contribution in [1.29, 1.82) is 0 Å². The van der Waals surface area contributed by atoms with Gasteiger partial charge in [-0.3, -0.25) is 19.8 Å². The minimum atomic E-state index is -0.193. The molecule has 1 aromatic rings. The van der Waals surface area contributed by atoms with Crippen molar-refractivity contribution in [2.45, 2.75) is 19.4 Å². The van der Waals surface area contributed by atoms with Crippen LogP contribution in [0.15, 0.2) is 41.5 Å². The number of carbonyl (C=O) groups is 2. The lowest BCUT2D eigenvalue weighted by molar-refractivity contribution is -0.124. The molecule has 2 aliphatic rings. The van der Waals surface area contributed by atoms with Gasteiger partial charge in [0.1, 0.15) is 0 Å². The van der Waals surface area contributed by atoms with E-state index in [4.69, 9.17) is 0 Å². The van der Waals surface area contributed by atoms with Gasteiger partial charge in [-0.15, -0.1) is 0 Å². The molecule has 1 N–H and O–H groups in total. The second-order valence-electron chi connectivity index (χ2n) is 5.08. The third kappa shape index (κ3) is 2.58. The number of carbonyl (C=O) groups excluding carboxylic acids is 2. The molecule has 2 amide bonds. The summed E-state index contributed by atoms with van der Waals surface area (Å²) in [5.41, 5.74) is 3.10. The molecule has 0 atom stereocenters. The second kappa shape index (κ2) is 4.97. The molecule has 0 spiro atoms. The fourth-order valence-electron chi connectivity index (χ4n) is 2.72. The Morgan fingerprint density at radius 3 is 2.63 bits per heavy atom. The molecule has 4 nitrogen and oxygen atoms in total. The molecule has 19 heavy (non-hydrogen) atoms. The first-order chi connectivity index (χ1) is 9.22. The van der Waals surface area contributed by atoms with Gasteiger partial charge < -0.3 is 0 Å². The molecule has 2 fully saturated rings. The topological polar surface area (TPSA) is 49.4 Å². The van der Waals surface area contributed by atoms with E-state index in [1.807, 2.05) is 18.2 Å². The van der Waals surface area contributed by atoms with Crippen LogP contribution >= 0.6 is 0 Å². The van der Waals surface area contributed by atoms with E-state index in [1.54, 1.807) is 0 Å². The van der Waals surface area contributed by atoms with Crippen LogP contribution in [-0.4, -0.2) is 29.8 Å². The van der Waals surface area contributed by atoms with Crippen molar-refractivity contribution in [2.24, 2.45) is 0 Å². The van der Waals surface area contributed by atoms with Gasteiger partial charge in [-0.25, -0.2) is 0 Å². The molecule has 98 valence electrons. The SMILES string of the molecule is O=C1CC(=C2CCN(Cc3ccccc3)C2)C(=O)N1. The molecular formula is C15H16N2O2. The molecule has 0 bridgehead atoms. The van der Waals surface area contributed by atoms with E-state index < -0.39 is 0 Å². The lowest BCUT2D eigenvalue weighted by Gasteiger charge is -2.14. The van der Waals surface area contributed by atoms with Crippen LogP contribution in [0.1, 0.15) is 18.4 Å². The first-order valence-corrected chi connectivity index (χ1v) is 6.54. The zero-order valence-electron chi connectivity index (χ0n) is 10.7. The van der Waals surface area contributed by atoms with Gasteiger partial charge in [-0.1, -0.05) is 30.3 Å². The Morgan fingerprint density at radius 1 is 1.16 bits per heavy atom. The summed E-state index contributed by atoms with van der Waals surface area (Å²) in [6, 6.07) is 10.3. The zero-order valence-corrected chi connectivity index (χ0v) is 10.7. The number of nitrogens with one attached hydrogen (secondary N) is 1. The Kier molecular flexibility index (Phi) is 3.17. The van der Waals surface area contributed by atoms with Crippen molar-refractivity contribution < 1.29 is 9.59 Å². The van der Waals surface area contributed by atoms with E-state index in [9.17, 15) is 9.59 Å². The van der Waals surface area contributed by atoms with E-state index in [2.05, 4.69) is 22.3 Å². The van der Waals surface area contributed by atoms with Crippen LogP contribution in [-0.2, 0) is 16.1 Å². The smallest absolute Gasteiger partial charge is 0.254 e. The summed E-state index contributed by atoms with van der Waals surface area (Å²) in [5, 5.41) is 2.35. The molecule has 1 aromatic carbocycles. The largest absolute Gasteiger partial charge is 0.295 e. The van der Waals surface area contributed by atoms with Gasteiger partial charge in [0, 0.05) is 25.2 Å². The third-order valence-electron chi connectivity index (χ3n) is 3.68. The van der Waals surface area contributed by atoms with Crippen LogP contribution in [0.5, 0.6) is 0 Å². The fraction of sp³-hybridized carbons (Fsp3) is 0.333. The number of hydrogen-bond acceptors (Lipinski definition) is 3. The minimum Gasteiger partial charge on any atom is -0.295 e. The predicted octanol–water partition coefficient (Wildman–Crippen LogP) is 1.24. The number of amides is 2. The number of rotatable bonds is 2. The monoisotopic (exact) mass is 256 g/mol. The molecule has 4 heteroatoms. The first-order valence-electron chi connectivity index (χ1n) is 6.54. The average molecular weight is 256 g/mol. The third-order valence-corrected chi connectivity index (χ3v) is 3.68. The number of benzene rings is 1. The summed E-state index contributed by atoms with van der Waals surface area (Å²) in [6.45, 7) is 2.65. The van der Waals surface area contributed by atoms with E-state index in [-0.39, 0.29) is 18.2 Å². The van der Waals surface area contributed by atoms with E-state index in [1.165, 1.54) is 5.56 Å². The maximum Gasteiger partial charge on any atom is 0.254 e. The molecule has 0 aromatic heterocycles. The van der Waals surface area contributed by atoms with Crippen LogP contribution in [0.4, 0.5) is 0 Å². The highest BCUT2D eigenvalue weighted by Crippen LogP contribution is 2.24. The quantitative estimate of drug-likeness (QED) is 0.639. The normalized spacial score (nSPS) is 24.0. The van der Waals surface area contributed by atoms with Gasteiger partial charge in [0.05, 0.1) is 6.42 Å². The highest BCUT2D eigenvalue weighted by atomic mass is 16.2. The number of nitrogens with zero attached hydrogens (tertiary/aromatic N) is 1. The minimum absolute atomic E-state index is 0.172. The van der Waals surface area contributed by atoms with E-state index in [0.29, 0.717) is 5.57 Å². The number of hydrogen-bond donors (Lipinski definition) is 1. The van der Waals surface area contributed by atoms with Crippen molar-refractivity contribution in [3.63, 3.8) is 0 Å². The highest BCUT2D eigenvalue weighted by Gasteiger charge is 2.29. The standard InChI is InChI=1S/C15H16N2O2/c18-14-8-13(15(19)16-14)12-6-7-17(10-12)9-11-4-2-1-3-5-11/h1-5H,6-10H2,(H,16,18,19). The van der Waals surface area contributed by atoms with Crippen LogP contribution in [0.2, 0.25) is 0 Å². The predicted molar refractivity (Wildman–Crippen MR) is 71.1 cm³/mol. The first kappa shape index (κ1) is 12.1. The van der Waals surface area contributed by atoms with Crippen LogP contribution in [0.25, 0.3) is 0 Å². The summed E-state index contributed by atoms with van der Waals surface area (Å²) in [5.74, 6) is -0.365. The Balaban J connectivity index is 1.69. The fourth-order valence-corrected chi connectivity index (χ4v) is 2.72. The lowest BCUT2D eigenvalue weighted by atomic mass is 10.1. The Hall–Kier alpha value is -1.94. The molecule has 3 rings (SSSR count). The van der Waals surface area contributed by atoms with E-state index >= 15 is 0 Å². The Morgan fingerprint density at radius 2 is 1.95 bits per heavy atom. The maximum atomic E-state index is 11.6. The lowest BCUT2D eigenvalue weighted by Crippen LogP contribution is -2.20. The van der Waals surface area contributed by atoms with Crippen LogP contribution < -0.4 is 5.32 Å². The van der Waals surface area contributed by atoms with Crippen molar-refractivity contribution >= 4 is 11.8 Å². The molecule has 0 unspecified atom stereocenters. The molecule has 2 saturated heterocycles. The summed E-state index contributed by atoms with van der Waals surface area (Å²) < 4.78 is 0. The molecular weight excluding hydrogens is 240 g/mol. The van der Waals surface area contributed by atoms with Gasteiger partial charge in [0.2, 0.25) is 5.91 Å².